The fraction of sp³-hybridized carbons (Fsp3) is 0.923. The van der Waals surface area contributed by atoms with Crippen molar-refractivity contribution < 1.29 is 9.53 Å². The predicted molar refractivity (Wildman–Crippen MR) is 67.5 cm³/mol. The summed E-state index contributed by atoms with van der Waals surface area (Å²) >= 11 is 0. The Morgan fingerprint density at radius 2 is 1.88 bits per heavy atom. The summed E-state index contributed by atoms with van der Waals surface area (Å²) < 4.78 is 4.88. The lowest BCUT2D eigenvalue weighted by Crippen LogP contribution is -2.44. The van der Waals surface area contributed by atoms with Gasteiger partial charge < -0.3 is 4.74 Å². The molecule has 0 saturated carbocycles. The zero-order valence-corrected chi connectivity index (χ0v) is 11.5. The summed E-state index contributed by atoms with van der Waals surface area (Å²) in [5, 5.41) is 0. The highest BCUT2D eigenvalue weighted by molar-refractivity contribution is 5.75. The van der Waals surface area contributed by atoms with Crippen molar-refractivity contribution in [3.8, 4) is 0 Å². The molecule has 0 saturated heterocycles. The van der Waals surface area contributed by atoms with E-state index in [0.29, 0.717) is 6.04 Å². The molecule has 0 N–H and O–H groups in total. The van der Waals surface area contributed by atoms with Crippen molar-refractivity contribution >= 4 is 5.97 Å². The highest BCUT2D eigenvalue weighted by atomic mass is 16.5. The van der Waals surface area contributed by atoms with Gasteiger partial charge in [-0.3, -0.25) is 9.69 Å². The lowest BCUT2D eigenvalue weighted by Gasteiger charge is -2.31. The van der Waals surface area contributed by atoms with Crippen LogP contribution in [0, 0.1) is 0 Å². The SMILES string of the molecule is CCCCC(C(=O)OC)N(C)C(C)CCC. The van der Waals surface area contributed by atoms with Crippen LogP contribution in [-0.4, -0.2) is 37.1 Å². The maximum absolute atomic E-state index is 11.7. The summed E-state index contributed by atoms with van der Waals surface area (Å²) in [6.45, 7) is 6.48. The van der Waals surface area contributed by atoms with Crippen LogP contribution in [0.25, 0.3) is 0 Å². The molecular formula is C13H27NO2. The molecule has 0 aliphatic heterocycles. The molecule has 0 rings (SSSR count). The number of nitrogens with zero attached hydrogens (tertiary/aromatic N) is 1. The van der Waals surface area contributed by atoms with Crippen molar-refractivity contribution in [2.24, 2.45) is 0 Å². The minimum absolute atomic E-state index is 0.0773. The van der Waals surface area contributed by atoms with E-state index in [9.17, 15) is 4.79 Å². The van der Waals surface area contributed by atoms with Crippen molar-refractivity contribution in [3.05, 3.63) is 0 Å². The zero-order chi connectivity index (χ0) is 12.6. The number of unbranched alkanes of at least 4 members (excludes halogenated alkanes) is 1. The third-order valence-corrected chi connectivity index (χ3v) is 3.20. The molecule has 0 heterocycles. The fourth-order valence-electron chi connectivity index (χ4n) is 1.95. The number of likely N-dealkylation sites (N-methyl/N-ethyl adjacent to an activating group) is 1. The Kier molecular flexibility index (Phi) is 8.26. The molecule has 2 atom stereocenters. The van der Waals surface area contributed by atoms with Crippen LogP contribution in [0.1, 0.15) is 52.9 Å². The smallest absolute Gasteiger partial charge is 0.323 e. The lowest BCUT2D eigenvalue weighted by atomic mass is 10.1. The average molecular weight is 229 g/mol. The topological polar surface area (TPSA) is 29.5 Å². The molecule has 0 aliphatic rings. The van der Waals surface area contributed by atoms with E-state index >= 15 is 0 Å². The number of esters is 1. The van der Waals surface area contributed by atoms with Crippen molar-refractivity contribution in [1.82, 2.24) is 4.90 Å². The standard InChI is InChI=1S/C13H27NO2/c1-6-8-10-12(13(15)16-5)14(4)11(3)9-7-2/h11-12H,6-10H2,1-5H3. The van der Waals surface area contributed by atoms with E-state index in [1.165, 1.54) is 7.11 Å². The Balaban J connectivity index is 4.41. The highest BCUT2D eigenvalue weighted by Gasteiger charge is 2.26. The van der Waals surface area contributed by atoms with Crippen molar-refractivity contribution in [2.75, 3.05) is 14.2 Å². The van der Waals surface area contributed by atoms with Gasteiger partial charge in [-0.05, 0) is 26.8 Å². The first-order valence-electron chi connectivity index (χ1n) is 6.38. The molecule has 0 amide bonds. The van der Waals surface area contributed by atoms with E-state index in [2.05, 4.69) is 25.7 Å². The van der Waals surface area contributed by atoms with E-state index in [1.54, 1.807) is 0 Å². The maximum Gasteiger partial charge on any atom is 0.323 e. The first kappa shape index (κ1) is 15.4. The summed E-state index contributed by atoms with van der Waals surface area (Å²) in [6, 6.07) is 0.359. The van der Waals surface area contributed by atoms with E-state index in [-0.39, 0.29) is 12.0 Å². The van der Waals surface area contributed by atoms with Crippen LogP contribution in [0.2, 0.25) is 0 Å². The zero-order valence-electron chi connectivity index (χ0n) is 11.5. The van der Waals surface area contributed by atoms with E-state index in [1.807, 2.05) is 7.05 Å². The van der Waals surface area contributed by atoms with Gasteiger partial charge in [-0.2, -0.15) is 0 Å². The average Bonchev–Trinajstić information content (AvgIpc) is 2.29. The molecule has 16 heavy (non-hydrogen) atoms. The Labute approximate surface area is 100 Å². The van der Waals surface area contributed by atoms with Crippen LogP contribution < -0.4 is 0 Å². The monoisotopic (exact) mass is 229 g/mol. The molecule has 0 aromatic heterocycles. The Hall–Kier alpha value is -0.570. The first-order valence-corrected chi connectivity index (χ1v) is 6.38. The quantitative estimate of drug-likeness (QED) is 0.599. The molecule has 0 spiro atoms. The van der Waals surface area contributed by atoms with Gasteiger partial charge >= 0.3 is 5.97 Å². The molecule has 0 radical (unpaired) electrons. The van der Waals surface area contributed by atoms with Gasteiger partial charge in [-0.25, -0.2) is 0 Å². The molecule has 0 aromatic carbocycles. The molecule has 96 valence electrons. The third kappa shape index (κ3) is 4.97. The second-order valence-corrected chi connectivity index (χ2v) is 4.48. The summed E-state index contributed by atoms with van der Waals surface area (Å²) in [5.41, 5.74) is 0. The molecule has 3 heteroatoms. The Morgan fingerprint density at radius 1 is 1.25 bits per heavy atom. The number of hydrogen-bond donors (Lipinski definition) is 0. The third-order valence-electron chi connectivity index (χ3n) is 3.20. The van der Waals surface area contributed by atoms with Gasteiger partial charge in [0.2, 0.25) is 0 Å². The van der Waals surface area contributed by atoms with E-state index in [4.69, 9.17) is 4.74 Å². The number of rotatable bonds is 8. The Bertz CT molecular complexity index is 194. The Morgan fingerprint density at radius 3 is 2.31 bits per heavy atom. The summed E-state index contributed by atoms with van der Waals surface area (Å²) in [7, 11) is 3.50. The second kappa shape index (κ2) is 8.57. The molecule has 0 bridgehead atoms. The van der Waals surface area contributed by atoms with Gasteiger partial charge in [-0.1, -0.05) is 33.1 Å². The first-order chi connectivity index (χ1) is 7.58. The van der Waals surface area contributed by atoms with Gasteiger partial charge in [0, 0.05) is 6.04 Å². The van der Waals surface area contributed by atoms with Crippen LogP contribution in [-0.2, 0) is 9.53 Å². The van der Waals surface area contributed by atoms with Gasteiger partial charge in [0.25, 0.3) is 0 Å². The van der Waals surface area contributed by atoms with Crippen LogP contribution in [0.4, 0.5) is 0 Å². The normalized spacial score (nSPS) is 14.9. The number of hydrogen-bond acceptors (Lipinski definition) is 3. The minimum atomic E-state index is -0.0982. The molecule has 2 unspecified atom stereocenters. The van der Waals surface area contributed by atoms with Crippen molar-refractivity contribution in [2.45, 2.75) is 65.0 Å². The number of carbonyl (C=O) groups is 1. The second-order valence-electron chi connectivity index (χ2n) is 4.48. The van der Waals surface area contributed by atoms with Crippen LogP contribution in [0.5, 0.6) is 0 Å². The number of ether oxygens (including phenoxy) is 1. The van der Waals surface area contributed by atoms with Crippen LogP contribution in [0.15, 0.2) is 0 Å². The molecule has 3 nitrogen and oxygen atoms in total. The summed E-state index contributed by atoms with van der Waals surface area (Å²) in [4.78, 5) is 13.9. The predicted octanol–water partition coefficient (Wildman–Crippen LogP) is 2.84. The molecule has 0 fully saturated rings. The van der Waals surface area contributed by atoms with Crippen molar-refractivity contribution in [1.29, 1.82) is 0 Å². The molecule has 0 aromatic rings. The van der Waals surface area contributed by atoms with Crippen LogP contribution in [0.3, 0.4) is 0 Å². The highest BCUT2D eigenvalue weighted by Crippen LogP contribution is 2.14. The van der Waals surface area contributed by atoms with E-state index < -0.39 is 0 Å². The number of methoxy groups -OCH3 is 1. The molecule has 0 aliphatic carbocycles. The van der Waals surface area contributed by atoms with Gasteiger partial charge in [0.15, 0.2) is 0 Å². The molecular weight excluding hydrogens is 202 g/mol. The fourth-order valence-corrected chi connectivity index (χ4v) is 1.95. The lowest BCUT2D eigenvalue weighted by molar-refractivity contribution is -0.147. The summed E-state index contributed by atoms with van der Waals surface area (Å²) in [5.74, 6) is -0.0982. The maximum atomic E-state index is 11.7. The van der Waals surface area contributed by atoms with Gasteiger partial charge in [-0.15, -0.1) is 0 Å². The van der Waals surface area contributed by atoms with Gasteiger partial charge in [0.05, 0.1) is 7.11 Å². The van der Waals surface area contributed by atoms with Crippen molar-refractivity contribution in [3.63, 3.8) is 0 Å². The van der Waals surface area contributed by atoms with Gasteiger partial charge in [0.1, 0.15) is 6.04 Å². The largest absolute Gasteiger partial charge is 0.468 e. The number of carbonyl (C=O) groups excluding carboxylic acids is 1. The minimum Gasteiger partial charge on any atom is -0.468 e. The summed E-state index contributed by atoms with van der Waals surface area (Å²) in [6.07, 6.45) is 5.35. The van der Waals surface area contributed by atoms with Crippen LogP contribution >= 0.6 is 0 Å². The van der Waals surface area contributed by atoms with E-state index in [0.717, 1.165) is 32.1 Å².